The summed E-state index contributed by atoms with van der Waals surface area (Å²) in [4.78, 5) is 51.3. The number of rotatable bonds is 10. The monoisotopic (exact) mass is 426 g/mol. The van der Waals surface area contributed by atoms with E-state index in [2.05, 4.69) is 10.6 Å². The van der Waals surface area contributed by atoms with Crippen LogP contribution < -0.4 is 16.4 Å². The van der Waals surface area contributed by atoms with Gasteiger partial charge in [-0.2, -0.15) is 0 Å². The molecular formula is C21H38N4O5. The third-order valence-corrected chi connectivity index (χ3v) is 5.36. The first-order valence-corrected chi connectivity index (χ1v) is 10.8. The van der Waals surface area contributed by atoms with Crippen LogP contribution in [0.25, 0.3) is 0 Å². The molecule has 5 N–H and O–H groups in total. The third kappa shape index (κ3) is 6.97. The molecule has 0 aromatic heterocycles. The molecule has 0 aromatic rings. The molecule has 1 aliphatic rings. The fraction of sp³-hybridized carbons (Fsp3) is 0.810. The topological polar surface area (TPSA) is 142 Å². The molecular weight excluding hydrogens is 388 g/mol. The van der Waals surface area contributed by atoms with Crippen molar-refractivity contribution < 1.29 is 24.3 Å². The number of carbonyl (C=O) groups is 4. The Morgan fingerprint density at radius 1 is 1.00 bits per heavy atom. The van der Waals surface area contributed by atoms with Gasteiger partial charge in [-0.1, -0.05) is 41.5 Å². The van der Waals surface area contributed by atoms with Gasteiger partial charge in [-0.25, -0.2) is 4.79 Å². The van der Waals surface area contributed by atoms with Crippen LogP contribution in [0.1, 0.15) is 60.8 Å². The molecule has 0 saturated carbocycles. The number of nitrogens with two attached hydrogens (primary N) is 1. The lowest BCUT2D eigenvalue weighted by Gasteiger charge is -2.32. The van der Waals surface area contributed by atoms with Gasteiger partial charge in [0.05, 0.1) is 6.04 Å². The quantitative estimate of drug-likeness (QED) is 0.405. The summed E-state index contributed by atoms with van der Waals surface area (Å²) in [7, 11) is 0. The summed E-state index contributed by atoms with van der Waals surface area (Å²) in [6.45, 7) is 11.4. The van der Waals surface area contributed by atoms with Gasteiger partial charge in [0.25, 0.3) is 0 Å². The van der Waals surface area contributed by atoms with E-state index in [-0.39, 0.29) is 29.6 Å². The van der Waals surface area contributed by atoms with Crippen molar-refractivity contribution in [3.63, 3.8) is 0 Å². The van der Waals surface area contributed by atoms with Crippen LogP contribution in [0.3, 0.4) is 0 Å². The van der Waals surface area contributed by atoms with Gasteiger partial charge in [0, 0.05) is 6.54 Å². The van der Waals surface area contributed by atoms with Gasteiger partial charge in [0.15, 0.2) is 0 Å². The molecule has 1 aliphatic heterocycles. The van der Waals surface area contributed by atoms with E-state index in [9.17, 15) is 24.3 Å². The Morgan fingerprint density at radius 2 is 1.57 bits per heavy atom. The van der Waals surface area contributed by atoms with Crippen LogP contribution >= 0.6 is 0 Å². The molecule has 4 unspecified atom stereocenters. The maximum Gasteiger partial charge on any atom is 0.326 e. The molecule has 1 heterocycles. The SMILES string of the molecule is CC(C)CC(N)C(=O)NC(C(=O)N1CCCC1C(=O)NC(C(=O)O)C(C)C)C(C)C. The molecule has 1 fully saturated rings. The number of carboxylic acids is 1. The minimum absolute atomic E-state index is 0.195. The molecule has 9 nitrogen and oxygen atoms in total. The second-order valence-corrected chi connectivity index (χ2v) is 9.22. The van der Waals surface area contributed by atoms with E-state index >= 15 is 0 Å². The van der Waals surface area contributed by atoms with Crippen molar-refractivity contribution in [2.45, 2.75) is 85.0 Å². The number of hydrogen-bond donors (Lipinski definition) is 4. The Kier molecular flexibility index (Phi) is 9.74. The summed E-state index contributed by atoms with van der Waals surface area (Å²) >= 11 is 0. The van der Waals surface area contributed by atoms with Crippen molar-refractivity contribution in [2.24, 2.45) is 23.5 Å². The zero-order chi connectivity index (χ0) is 23.2. The number of amides is 3. The number of aliphatic carboxylic acids is 1. The Bertz CT molecular complexity index is 635. The molecule has 0 bridgehead atoms. The molecule has 3 amide bonds. The van der Waals surface area contributed by atoms with E-state index in [4.69, 9.17) is 5.73 Å². The third-order valence-electron chi connectivity index (χ3n) is 5.36. The van der Waals surface area contributed by atoms with Gasteiger partial charge in [-0.15, -0.1) is 0 Å². The van der Waals surface area contributed by atoms with E-state index < -0.39 is 36.0 Å². The lowest BCUT2D eigenvalue weighted by Crippen LogP contribution is -2.58. The summed E-state index contributed by atoms with van der Waals surface area (Å²) in [6.07, 6.45) is 1.59. The predicted molar refractivity (Wildman–Crippen MR) is 113 cm³/mol. The van der Waals surface area contributed by atoms with Crippen LogP contribution in [0, 0.1) is 17.8 Å². The summed E-state index contributed by atoms with van der Waals surface area (Å²) in [5.41, 5.74) is 5.95. The average molecular weight is 427 g/mol. The number of nitrogens with zero attached hydrogens (tertiary/aromatic N) is 1. The molecule has 1 rings (SSSR count). The van der Waals surface area contributed by atoms with Crippen molar-refractivity contribution in [3.05, 3.63) is 0 Å². The summed E-state index contributed by atoms with van der Waals surface area (Å²) in [5.74, 6) is -2.56. The van der Waals surface area contributed by atoms with E-state index in [1.54, 1.807) is 13.8 Å². The zero-order valence-electron chi connectivity index (χ0n) is 19.0. The highest BCUT2D eigenvalue weighted by Crippen LogP contribution is 2.21. The number of carbonyl (C=O) groups excluding carboxylic acids is 3. The molecule has 9 heteroatoms. The largest absolute Gasteiger partial charge is 0.480 e. The summed E-state index contributed by atoms with van der Waals surface area (Å²) in [6, 6.07) is -3.28. The molecule has 1 saturated heterocycles. The van der Waals surface area contributed by atoms with Gasteiger partial charge in [0.2, 0.25) is 17.7 Å². The van der Waals surface area contributed by atoms with E-state index in [1.807, 2.05) is 27.7 Å². The van der Waals surface area contributed by atoms with E-state index in [0.29, 0.717) is 25.8 Å². The first-order chi connectivity index (χ1) is 13.9. The lowest BCUT2D eigenvalue weighted by molar-refractivity contribution is -0.146. The Labute approximate surface area is 179 Å². The highest BCUT2D eigenvalue weighted by atomic mass is 16.4. The van der Waals surface area contributed by atoms with Crippen LogP contribution in [0.4, 0.5) is 0 Å². The van der Waals surface area contributed by atoms with Gasteiger partial charge < -0.3 is 26.4 Å². The molecule has 0 spiro atoms. The Morgan fingerprint density at radius 3 is 2.03 bits per heavy atom. The fourth-order valence-corrected chi connectivity index (χ4v) is 3.63. The van der Waals surface area contributed by atoms with Crippen LogP contribution in [-0.2, 0) is 19.2 Å². The number of likely N-dealkylation sites (tertiary alicyclic amines) is 1. The normalized spacial score (nSPS) is 19.7. The first-order valence-electron chi connectivity index (χ1n) is 10.8. The molecule has 0 aliphatic carbocycles. The van der Waals surface area contributed by atoms with Crippen molar-refractivity contribution in [1.29, 1.82) is 0 Å². The fourth-order valence-electron chi connectivity index (χ4n) is 3.63. The van der Waals surface area contributed by atoms with Crippen LogP contribution in [-0.4, -0.2) is 64.4 Å². The standard InChI is InChI=1S/C21H38N4O5/c1-11(2)10-14(22)18(26)23-16(12(3)4)20(28)25-9-7-8-15(25)19(27)24-17(13(5)6)21(29)30/h11-17H,7-10,22H2,1-6H3,(H,23,26)(H,24,27)(H,29,30). The lowest BCUT2D eigenvalue weighted by atomic mass is 9.99. The molecule has 30 heavy (non-hydrogen) atoms. The second kappa shape index (κ2) is 11.3. The average Bonchev–Trinajstić information content (AvgIpc) is 3.11. The molecule has 0 radical (unpaired) electrons. The predicted octanol–water partition coefficient (Wildman–Crippen LogP) is 0.717. The molecule has 172 valence electrons. The van der Waals surface area contributed by atoms with E-state index in [1.165, 1.54) is 4.90 Å². The summed E-state index contributed by atoms with van der Waals surface area (Å²) < 4.78 is 0. The van der Waals surface area contributed by atoms with Gasteiger partial charge in [-0.05, 0) is 37.0 Å². The van der Waals surface area contributed by atoms with E-state index in [0.717, 1.165) is 0 Å². The van der Waals surface area contributed by atoms with Crippen molar-refractivity contribution in [2.75, 3.05) is 6.54 Å². The van der Waals surface area contributed by atoms with Crippen LogP contribution in [0.15, 0.2) is 0 Å². The van der Waals surface area contributed by atoms with Crippen LogP contribution in [0.5, 0.6) is 0 Å². The number of nitrogens with one attached hydrogen (secondary N) is 2. The number of hydrogen-bond acceptors (Lipinski definition) is 5. The van der Waals surface area contributed by atoms with Crippen molar-refractivity contribution in [1.82, 2.24) is 15.5 Å². The Balaban J connectivity index is 2.92. The maximum atomic E-state index is 13.2. The summed E-state index contributed by atoms with van der Waals surface area (Å²) in [5, 5.41) is 14.6. The number of carboxylic acid groups (broad SMARTS) is 1. The van der Waals surface area contributed by atoms with Crippen LogP contribution in [0.2, 0.25) is 0 Å². The molecule has 4 atom stereocenters. The van der Waals surface area contributed by atoms with Crippen molar-refractivity contribution >= 4 is 23.7 Å². The van der Waals surface area contributed by atoms with Gasteiger partial charge in [0.1, 0.15) is 18.1 Å². The Hall–Kier alpha value is -2.16. The van der Waals surface area contributed by atoms with Gasteiger partial charge >= 0.3 is 5.97 Å². The minimum atomic E-state index is -1.11. The first kappa shape index (κ1) is 25.9. The second-order valence-electron chi connectivity index (χ2n) is 9.22. The zero-order valence-corrected chi connectivity index (χ0v) is 19.0. The smallest absolute Gasteiger partial charge is 0.326 e. The highest BCUT2D eigenvalue weighted by molar-refractivity contribution is 5.94. The maximum absolute atomic E-state index is 13.2. The highest BCUT2D eigenvalue weighted by Gasteiger charge is 2.40. The molecule has 0 aromatic carbocycles. The minimum Gasteiger partial charge on any atom is -0.480 e. The van der Waals surface area contributed by atoms with Crippen molar-refractivity contribution in [3.8, 4) is 0 Å². The van der Waals surface area contributed by atoms with Gasteiger partial charge in [-0.3, -0.25) is 14.4 Å².